The van der Waals surface area contributed by atoms with Crippen molar-refractivity contribution in [2.24, 2.45) is 0 Å². The van der Waals surface area contributed by atoms with Crippen LogP contribution in [0.3, 0.4) is 0 Å². The summed E-state index contributed by atoms with van der Waals surface area (Å²) in [5.41, 5.74) is 26.3. The number of hydrogen-bond acceptors (Lipinski definition) is 1. The molecular weight excluding hydrogens is 783 g/mol. The molecule has 1 heteroatoms. The topological polar surface area (TPSA) is 3.24 Å². The van der Waals surface area contributed by atoms with Crippen LogP contribution in [0.1, 0.15) is 47.2 Å². The second-order valence-electron chi connectivity index (χ2n) is 18.4. The highest BCUT2D eigenvalue weighted by Gasteiger charge is 2.51. The van der Waals surface area contributed by atoms with Crippen molar-refractivity contribution < 1.29 is 0 Å². The third-order valence-electron chi connectivity index (χ3n) is 14.7. The lowest BCUT2D eigenvalue weighted by atomic mass is 9.70. The van der Waals surface area contributed by atoms with E-state index < -0.39 is 5.41 Å². The molecule has 3 aliphatic carbocycles. The summed E-state index contributed by atoms with van der Waals surface area (Å²) in [6.07, 6.45) is 0. The van der Waals surface area contributed by atoms with Gasteiger partial charge in [-0.3, -0.25) is 0 Å². The lowest BCUT2D eigenvalue weighted by Crippen LogP contribution is -2.25. The van der Waals surface area contributed by atoms with Crippen LogP contribution in [0, 0.1) is 0 Å². The molecule has 10 aromatic rings. The molecule has 0 unspecified atom stereocenters. The molecule has 306 valence electrons. The van der Waals surface area contributed by atoms with Crippen molar-refractivity contribution in [2.45, 2.75) is 24.7 Å². The molecule has 65 heavy (non-hydrogen) atoms. The monoisotopic (exact) mass is 827 g/mol. The first-order valence-corrected chi connectivity index (χ1v) is 22.8. The normalized spacial score (nSPS) is 13.9. The highest BCUT2D eigenvalue weighted by molar-refractivity contribution is 5.97. The summed E-state index contributed by atoms with van der Waals surface area (Å²) in [7, 11) is 0. The smallest absolute Gasteiger partial charge is 0.0725 e. The molecule has 3 aliphatic rings. The van der Waals surface area contributed by atoms with E-state index in [1.807, 2.05) is 0 Å². The van der Waals surface area contributed by atoms with E-state index in [1.165, 1.54) is 100 Å². The molecule has 0 aromatic heterocycles. The number of anilines is 3. The van der Waals surface area contributed by atoms with Gasteiger partial charge in [0.15, 0.2) is 0 Å². The largest absolute Gasteiger partial charge is 0.310 e. The van der Waals surface area contributed by atoms with E-state index >= 15 is 0 Å². The van der Waals surface area contributed by atoms with Crippen LogP contribution in [-0.4, -0.2) is 0 Å². The summed E-state index contributed by atoms with van der Waals surface area (Å²) >= 11 is 0. The molecule has 1 nitrogen and oxygen atoms in total. The molecule has 0 saturated carbocycles. The van der Waals surface area contributed by atoms with Gasteiger partial charge in [-0.05, 0) is 155 Å². The molecule has 0 amide bonds. The van der Waals surface area contributed by atoms with Crippen LogP contribution in [-0.2, 0) is 10.8 Å². The van der Waals surface area contributed by atoms with Gasteiger partial charge in [0, 0.05) is 22.5 Å². The molecule has 0 heterocycles. The van der Waals surface area contributed by atoms with Crippen molar-refractivity contribution in [2.75, 3.05) is 4.90 Å². The van der Waals surface area contributed by atoms with Gasteiger partial charge in [-0.15, -0.1) is 0 Å². The molecule has 0 aliphatic heterocycles. The Morgan fingerprint density at radius 1 is 0.246 bits per heavy atom. The first-order valence-electron chi connectivity index (χ1n) is 22.8. The molecule has 0 fully saturated rings. The number of benzene rings is 10. The molecule has 0 N–H and O–H groups in total. The molecule has 13 rings (SSSR count). The zero-order valence-electron chi connectivity index (χ0n) is 36.5. The third kappa shape index (κ3) is 5.52. The number of hydrogen-bond donors (Lipinski definition) is 0. The fraction of sp³-hybridized carbons (Fsp3) is 0.0625. The van der Waals surface area contributed by atoms with Crippen molar-refractivity contribution in [1.29, 1.82) is 0 Å². The summed E-state index contributed by atoms with van der Waals surface area (Å²) in [6.45, 7) is 4.69. The maximum atomic E-state index is 2.49. The van der Waals surface area contributed by atoms with E-state index in [-0.39, 0.29) is 5.41 Å². The van der Waals surface area contributed by atoms with Gasteiger partial charge >= 0.3 is 0 Å². The Morgan fingerprint density at radius 3 is 1.37 bits per heavy atom. The Hall–Kier alpha value is -8.00. The Kier molecular flexibility index (Phi) is 8.24. The van der Waals surface area contributed by atoms with Crippen LogP contribution in [0.25, 0.3) is 66.8 Å². The zero-order chi connectivity index (χ0) is 43.3. The van der Waals surface area contributed by atoms with Crippen LogP contribution >= 0.6 is 0 Å². The molecule has 10 aromatic carbocycles. The zero-order valence-corrected chi connectivity index (χ0v) is 36.5. The van der Waals surface area contributed by atoms with Crippen molar-refractivity contribution in [3.8, 4) is 66.8 Å². The van der Waals surface area contributed by atoms with Crippen molar-refractivity contribution in [1.82, 2.24) is 0 Å². The van der Waals surface area contributed by atoms with Crippen molar-refractivity contribution in [3.63, 3.8) is 0 Å². The molecule has 0 atom stereocenters. The Morgan fingerprint density at radius 2 is 0.662 bits per heavy atom. The highest BCUT2D eigenvalue weighted by Crippen LogP contribution is 2.63. The summed E-state index contributed by atoms with van der Waals surface area (Å²) in [5.74, 6) is 0. The lowest BCUT2D eigenvalue weighted by molar-refractivity contribution is 0.660. The van der Waals surface area contributed by atoms with Gasteiger partial charge in [0.1, 0.15) is 0 Å². The number of fused-ring (bicyclic) bond motifs is 13. The predicted molar refractivity (Wildman–Crippen MR) is 271 cm³/mol. The van der Waals surface area contributed by atoms with Gasteiger partial charge < -0.3 is 4.90 Å². The predicted octanol–water partition coefficient (Wildman–Crippen LogP) is 16.8. The minimum absolute atomic E-state index is 0.0427. The second kappa shape index (κ2) is 14.3. The summed E-state index contributed by atoms with van der Waals surface area (Å²) in [5, 5.41) is 0. The Labute approximate surface area is 381 Å². The van der Waals surface area contributed by atoms with Crippen LogP contribution < -0.4 is 4.90 Å². The fourth-order valence-electron chi connectivity index (χ4n) is 11.7. The maximum absolute atomic E-state index is 2.49. The summed E-state index contributed by atoms with van der Waals surface area (Å²) < 4.78 is 0. The van der Waals surface area contributed by atoms with Crippen LogP contribution in [0.5, 0.6) is 0 Å². The van der Waals surface area contributed by atoms with Gasteiger partial charge in [-0.25, -0.2) is 0 Å². The quantitative estimate of drug-likeness (QED) is 0.161. The van der Waals surface area contributed by atoms with E-state index in [4.69, 9.17) is 0 Å². The standard InChI is InChI=1S/C64H45N/c1-63(2)57-25-12-9-24-53(57)56-41-50(34-37-58(56)63)65(48-20-7-4-8-21-48)49-32-28-43(29-33-49)47-30-35-54-55-39-46(45-19-15-18-44(38-45)42-16-5-3-6-17-42)31-36-61(55)64(62(54)40-47)59-26-13-10-22-51(59)52-23-11-14-27-60(52)64/h3-41H,1-2H3. The SMILES string of the molecule is CC1(C)c2ccccc2-c2cc(N(c3ccccc3)c3ccc(-c4ccc5c(c4)C4(c6ccccc6-c6ccccc64)c4ccc(-c6cccc(-c7ccccc7)c6)cc4-5)cc3)ccc21. The number of rotatable bonds is 6. The Bertz CT molecular complexity index is 3460. The van der Waals surface area contributed by atoms with Gasteiger partial charge in [0.2, 0.25) is 0 Å². The Balaban J connectivity index is 0.942. The van der Waals surface area contributed by atoms with Crippen LogP contribution in [0.4, 0.5) is 17.1 Å². The van der Waals surface area contributed by atoms with E-state index in [2.05, 4.69) is 255 Å². The average molecular weight is 828 g/mol. The van der Waals surface area contributed by atoms with E-state index in [0.717, 1.165) is 17.1 Å². The highest BCUT2D eigenvalue weighted by atomic mass is 15.1. The van der Waals surface area contributed by atoms with E-state index in [1.54, 1.807) is 0 Å². The first kappa shape index (κ1) is 37.5. The van der Waals surface area contributed by atoms with E-state index in [9.17, 15) is 0 Å². The molecule has 0 radical (unpaired) electrons. The summed E-state index contributed by atoms with van der Waals surface area (Å²) in [6, 6.07) is 88.2. The average Bonchev–Trinajstić information content (AvgIpc) is 3.92. The molecular formula is C64H45N. The number of para-hydroxylation sites is 1. The van der Waals surface area contributed by atoms with Crippen molar-refractivity contribution in [3.05, 3.63) is 270 Å². The van der Waals surface area contributed by atoms with Gasteiger partial charge in [-0.1, -0.05) is 196 Å². The van der Waals surface area contributed by atoms with Gasteiger partial charge in [0.25, 0.3) is 0 Å². The molecule has 1 spiro atoms. The molecule has 0 saturated heterocycles. The summed E-state index contributed by atoms with van der Waals surface area (Å²) in [4.78, 5) is 2.39. The third-order valence-corrected chi connectivity index (χ3v) is 14.7. The van der Waals surface area contributed by atoms with Crippen LogP contribution in [0.2, 0.25) is 0 Å². The fourth-order valence-corrected chi connectivity index (χ4v) is 11.7. The minimum Gasteiger partial charge on any atom is -0.310 e. The molecule has 0 bridgehead atoms. The van der Waals surface area contributed by atoms with E-state index in [0.29, 0.717) is 0 Å². The van der Waals surface area contributed by atoms with Gasteiger partial charge in [-0.2, -0.15) is 0 Å². The number of nitrogens with zero attached hydrogens (tertiary/aromatic N) is 1. The van der Waals surface area contributed by atoms with Gasteiger partial charge in [0.05, 0.1) is 5.41 Å². The second-order valence-corrected chi connectivity index (χ2v) is 18.4. The van der Waals surface area contributed by atoms with Crippen LogP contribution in [0.15, 0.2) is 237 Å². The first-order chi connectivity index (χ1) is 32.0. The van der Waals surface area contributed by atoms with Crippen molar-refractivity contribution >= 4 is 17.1 Å². The lowest BCUT2D eigenvalue weighted by Gasteiger charge is -2.31. The maximum Gasteiger partial charge on any atom is 0.0725 e. The minimum atomic E-state index is -0.441.